The van der Waals surface area contributed by atoms with Crippen LogP contribution < -0.4 is 10.3 Å². The maximum atomic E-state index is 13.5. The van der Waals surface area contributed by atoms with Gasteiger partial charge in [0.05, 0.1) is 25.4 Å². The Morgan fingerprint density at radius 1 is 0.897 bits per heavy atom. The van der Waals surface area contributed by atoms with Crippen LogP contribution in [0.25, 0.3) is 22.3 Å². The first-order chi connectivity index (χ1) is 14.2. The third-order valence-electron chi connectivity index (χ3n) is 4.75. The van der Waals surface area contributed by atoms with Crippen molar-refractivity contribution in [3.63, 3.8) is 0 Å². The molecule has 3 aromatic carbocycles. The van der Waals surface area contributed by atoms with Gasteiger partial charge in [0.25, 0.3) is 5.56 Å². The van der Waals surface area contributed by atoms with Crippen LogP contribution in [0, 0.1) is 5.82 Å². The van der Waals surface area contributed by atoms with Crippen molar-refractivity contribution in [2.45, 2.75) is 6.54 Å². The number of hydrogen-bond acceptors (Lipinski definition) is 3. The van der Waals surface area contributed by atoms with E-state index >= 15 is 0 Å². The fraction of sp³-hybridized carbons (Fsp3) is 0.0833. The predicted molar refractivity (Wildman–Crippen MR) is 111 cm³/mol. The second-order valence-corrected chi connectivity index (χ2v) is 6.62. The van der Waals surface area contributed by atoms with E-state index in [1.807, 2.05) is 54.6 Å². The van der Waals surface area contributed by atoms with Crippen LogP contribution in [0.2, 0.25) is 0 Å². The van der Waals surface area contributed by atoms with E-state index in [2.05, 4.69) is 5.10 Å². The summed E-state index contributed by atoms with van der Waals surface area (Å²) in [5.41, 5.74) is 3.40. The van der Waals surface area contributed by atoms with Gasteiger partial charge in [0.15, 0.2) is 0 Å². The van der Waals surface area contributed by atoms with Crippen LogP contribution in [-0.2, 0) is 6.54 Å². The fourth-order valence-electron chi connectivity index (χ4n) is 3.24. The summed E-state index contributed by atoms with van der Waals surface area (Å²) in [6.07, 6.45) is 1.69. The standard InChI is InChI=1S/C24H19FN2O2/c1-29-21-13-9-18(10-14-21)22-15-26-27(16-17-5-3-2-4-6-17)24(28)23(22)19-7-11-20(25)12-8-19/h2-15H,16H2,1H3. The molecule has 1 aromatic heterocycles. The zero-order valence-corrected chi connectivity index (χ0v) is 15.9. The molecule has 0 saturated heterocycles. The Balaban J connectivity index is 1.87. The van der Waals surface area contributed by atoms with Gasteiger partial charge in [-0.05, 0) is 41.0 Å². The Labute approximate surface area is 167 Å². The minimum Gasteiger partial charge on any atom is -0.497 e. The highest BCUT2D eigenvalue weighted by Crippen LogP contribution is 2.30. The highest BCUT2D eigenvalue weighted by atomic mass is 19.1. The van der Waals surface area contributed by atoms with E-state index in [0.29, 0.717) is 23.2 Å². The zero-order valence-electron chi connectivity index (χ0n) is 15.9. The molecule has 0 spiro atoms. The van der Waals surface area contributed by atoms with Crippen molar-refractivity contribution >= 4 is 0 Å². The molecule has 29 heavy (non-hydrogen) atoms. The lowest BCUT2D eigenvalue weighted by atomic mass is 9.97. The van der Waals surface area contributed by atoms with Crippen LogP contribution in [0.3, 0.4) is 0 Å². The summed E-state index contributed by atoms with van der Waals surface area (Å²) in [5, 5.41) is 4.40. The molecular formula is C24H19FN2O2. The van der Waals surface area contributed by atoms with Gasteiger partial charge in [0, 0.05) is 5.56 Å². The van der Waals surface area contributed by atoms with Crippen LogP contribution in [-0.4, -0.2) is 16.9 Å². The summed E-state index contributed by atoms with van der Waals surface area (Å²) in [4.78, 5) is 13.4. The van der Waals surface area contributed by atoms with Crippen molar-refractivity contribution in [3.05, 3.63) is 107 Å². The smallest absolute Gasteiger partial charge is 0.275 e. The maximum Gasteiger partial charge on any atom is 0.275 e. The summed E-state index contributed by atoms with van der Waals surface area (Å²) in [5.74, 6) is 0.376. The second kappa shape index (κ2) is 8.10. The first-order valence-electron chi connectivity index (χ1n) is 9.20. The number of nitrogens with zero attached hydrogens (tertiary/aromatic N) is 2. The zero-order chi connectivity index (χ0) is 20.2. The average Bonchev–Trinajstić information content (AvgIpc) is 2.77. The van der Waals surface area contributed by atoms with Gasteiger partial charge < -0.3 is 4.74 Å². The molecule has 0 radical (unpaired) electrons. The number of methoxy groups -OCH3 is 1. The highest BCUT2D eigenvalue weighted by molar-refractivity contribution is 5.82. The molecule has 0 unspecified atom stereocenters. The molecule has 4 nitrogen and oxygen atoms in total. The summed E-state index contributed by atoms with van der Waals surface area (Å²) in [7, 11) is 1.60. The molecule has 0 saturated carbocycles. The Morgan fingerprint density at radius 2 is 1.55 bits per heavy atom. The summed E-state index contributed by atoms with van der Waals surface area (Å²) in [6, 6.07) is 23.0. The lowest BCUT2D eigenvalue weighted by molar-refractivity contribution is 0.415. The molecular weight excluding hydrogens is 367 g/mol. The molecule has 0 aliphatic heterocycles. The molecule has 5 heteroatoms. The first kappa shape index (κ1) is 18.6. The molecule has 4 rings (SSSR count). The summed E-state index contributed by atoms with van der Waals surface area (Å²) < 4.78 is 20.1. The lowest BCUT2D eigenvalue weighted by Crippen LogP contribution is -2.25. The van der Waals surface area contributed by atoms with Crippen molar-refractivity contribution in [2.24, 2.45) is 0 Å². The number of rotatable bonds is 5. The monoisotopic (exact) mass is 386 g/mol. The summed E-state index contributed by atoms with van der Waals surface area (Å²) in [6.45, 7) is 0.358. The normalized spacial score (nSPS) is 10.7. The molecule has 4 aromatic rings. The molecule has 0 aliphatic rings. The molecule has 0 fully saturated rings. The molecule has 0 atom stereocenters. The van der Waals surface area contributed by atoms with E-state index in [1.165, 1.54) is 16.8 Å². The van der Waals surface area contributed by atoms with Crippen molar-refractivity contribution in [1.82, 2.24) is 9.78 Å². The SMILES string of the molecule is COc1ccc(-c2cnn(Cc3ccccc3)c(=O)c2-c2ccc(F)cc2)cc1. The molecule has 144 valence electrons. The van der Waals surface area contributed by atoms with Gasteiger partial charge in [-0.15, -0.1) is 0 Å². The predicted octanol–water partition coefficient (Wildman–Crippen LogP) is 4.77. The Morgan fingerprint density at radius 3 is 2.21 bits per heavy atom. The van der Waals surface area contributed by atoms with E-state index in [9.17, 15) is 9.18 Å². The number of benzene rings is 3. The minimum atomic E-state index is -0.349. The molecule has 0 N–H and O–H groups in total. The Hall–Kier alpha value is -3.73. The number of aromatic nitrogens is 2. The van der Waals surface area contributed by atoms with Gasteiger partial charge in [-0.25, -0.2) is 9.07 Å². The second-order valence-electron chi connectivity index (χ2n) is 6.62. The van der Waals surface area contributed by atoms with Gasteiger partial charge in [0.2, 0.25) is 0 Å². The van der Waals surface area contributed by atoms with Gasteiger partial charge in [-0.1, -0.05) is 54.6 Å². The molecule has 1 heterocycles. The third kappa shape index (κ3) is 3.94. The van der Waals surface area contributed by atoms with E-state index in [1.54, 1.807) is 25.4 Å². The Kier molecular flexibility index (Phi) is 5.20. The maximum absolute atomic E-state index is 13.5. The average molecular weight is 386 g/mol. The van der Waals surface area contributed by atoms with Gasteiger partial charge in [-0.3, -0.25) is 4.79 Å². The fourth-order valence-corrected chi connectivity index (χ4v) is 3.24. The van der Waals surface area contributed by atoms with Crippen LogP contribution in [0.15, 0.2) is 89.9 Å². The Bertz CT molecular complexity index is 1170. The summed E-state index contributed by atoms with van der Waals surface area (Å²) >= 11 is 0. The largest absolute Gasteiger partial charge is 0.497 e. The van der Waals surface area contributed by atoms with Crippen LogP contribution in [0.5, 0.6) is 5.75 Å². The number of halogens is 1. The topological polar surface area (TPSA) is 44.1 Å². The van der Waals surface area contributed by atoms with E-state index in [0.717, 1.165) is 16.9 Å². The number of ether oxygens (including phenoxy) is 1. The van der Waals surface area contributed by atoms with Crippen molar-refractivity contribution < 1.29 is 9.13 Å². The third-order valence-corrected chi connectivity index (χ3v) is 4.75. The van der Waals surface area contributed by atoms with Crippen LogP contribution in [0.4, 0.5) is 4.39 Å². The van der Waals surface area contributed by atoms with Crippen LogP contribution >= 0.6 is 0 Å². The molecule has 0 aliphatic carbocycles. The van der Waals surface area contributed by atoms with E-state index < -0.39 is 0 Å². The van der Waals surface area contributed by atoms with Crippen molar-refractivity contribution in [1.29, 1.82) is 0 Å². The molecule has 0 bridgehead atoms. The quantitative estimate of drug-likeness (QED) is 0.496. The van der Waals surface area contributed by atoms with Gasteiger partial charge in [-0.2, -0.15) is 5.10 Å². The van der Waals surface area contributed by atoms with Gasteiger partial charge >= 0.3 is 0 Å². The van der Waals surface area contributed by atoms with Crippen LogP contribution in [0.1, 0.15) is 5.56 Å². The van der Waals surface area contributed by atoms with Gasteiger partial charge in [0.1, 0.15) is 11.6 Å². The highest BCUT2D eigenvalue weighted by Gasteiger charge is 2.16. The number of hydrogen-bond donors (Lipinski definition) is 0. The van der Waals surface area contributed by atoms with E-state index in [4.69, 9.17) is 4.74 Å². The molecule has 0 amide bonds. The first-order valence-corrected chi connectivity index (χ1v) is 9.20. The van der Waals surface area contributed by atoms with E-state index in [-0.39, 0.29) is 11.4 Å². The van der Waals surface area contributed by atoms with Crippen molar-refractivity contribution in [2.75, 3.05) is 7.11 Å². The minimum absolute atomic E-state index is 0.228. The van der Waals surface area contributed by atoms with Crippen molar-refractivity contribution in [3.8, 4) is 28.0 Å². The lowest BCUT2D eigenvalue weighted by Gasteiger charge is -2.13.